The van der Waals surface area contributed by atoms with Gasteiger partial charge in [0.1, 0.15) is 11.4 Å². The fourth-order valence-electron chi connectivity index (χ4n) is 5.97. The van der Waals surface area contributed by atoms with E-state index in [0.717, 1.165) is 24.0 Å². The molecule has 3 heterocycles. The van der Waals surface area contributed by atoms with E-state index in [0.29, 0.717) is 62.0 Å². The molecular formula is C30H33F3N5O5P. The van der Waals surface area contributed by atoms with Crippen molar-refractivity contribution in [2.75, 3.05) is 30.9 Å². The molecule has 0 spiro atoms. The van der Waals surface area contributed by atoms with E-state index in [-0.39, 0.29) is 35.7 Å². The Balaban J connectivity index is 1.26. The van der Waals surface area contributed by atoms with E-state index in [2.05, 4.69) is 20.6 Å². The zero-order valence-electron chi connectivity index (χ0n) is 24.1. The molecule has 0 radical (unpaired) electrons. The van der Waals surface area contributed by atoms with Crippen molar-refractivity contribution in [3.63, 3.8) is 0 Å². The number of rotatable bonds is 7. The Morgan fingerprint density at radius 1 is 1.05 bits per heavy atom. The van der Waals surface area contributed by atoms with E-state index in [4.69, 9.17) is 9.05 Å². The van der Waals surface area contributed by atoms with Crippen LogP contribution in [0.15, 0.2) is 42.6 Å². The van der Waals surface area contributed by atoms with E-state index < -0.39 is 25.2 Å². The van der Waals surface area contributed by atoms with Crippen LogP contribution in [0, 0.1) is 0 Å². The Hall–Kier alpha value is -3.51. The van der Waals surface area contributed by atoms with Crippen LogP contribution in [0.3, 0.4) is 0 Å². The quantitative estimate of drug-likeness (QED) is 0.244. The maximum absolute atomic E-state index is 14.0. The van der Waals surface area contributed by atoms with Gasteiger partial charge in [-0.05, 0) is 72.9 Å². The largest absolute Gasteiger partial charge is 0.421 e. The molecule has 1 amide bonds. The molecule has 3 aromatic rings. The molecule has 3 aliphatic rings. The van der Waals surface area contributed by atoms with E-state index in [1.54, 1.807) is 42.3 Å². The Bertz CT molecular complexity index is 1590. The lowest BCUT2D eigenvalue weighted by Crippen LogP contribution is -2.18. The molecule has 1 aliphatic carbocycles. The van der Waals surface area contributed by atoms with Gasteiger partial charge in [0, 0.05) is 25.5 Å². The lowest BCUT2D eigenvalue weighted by atomic mass is 9.80. The van der Waals surface area contributed by atoms with Gasteiger partial charge in [-0.1, -0.05) is 18.2 Å². The molecule has 2 aromatic carbocycles. The number of hydrogen-bond donors (Lipinski definition) is 3. The van der Waals surface area contributed by atoms with Gasteiger partial charge in [-0.15, -0.1) is 0 Å². The minimum atomic E-state index is -4.75. The number of halogens is 3. The normalized spacial score (nSPS) is 21.7. The summed E-state index contributed by atoms with van der Waals surface area (Å²) in [6, 6.07) is 10.3. The van der Waals surface area contributed by atoms with Gasteiger partial charge >= 0.3 is 13.8 Å². The van der Waals surface area contributed by atoms with Gasteiger partial charge in [0.25, 0.3) is 5.91 Å². The number of nitrogens with zero attached hydrogens (tertiary/aromatic N) is 3. The smallest absolute Gasteiger partial charge is 0.393 e. The summed E-state index contributed by atoms with van der Waals surface area (Å²) >= 11 is 0. The van der Waals surface area contributed by atoms with Crippen LogP contribution in [-0.4, -0.2) is 52.2 Å². The summed E-state index contributed by atoms with van der Waals surface area (Å²) in [7, 11) is -1.54. The number of alkyl halides is 3. The first-order chi connectivity index (χ1) is 21.0. The Labute approximate surface area is 252 Å². The van der Waals surface area contributed by atoms with E-state index >= 15 is 0 Å². The van der Waals surface area contributed by atoms with Gasteiger partial charge in [0.2, 0.25) is 5.95 Å². The van der Waals surface area contributed by atoms with Crippen LogP contribution in [-0.2, 0) is 32.5 Å². The lowest BCUT2D eigenvalue weighted by molar-refractivity contribution is -0.137. The summed E-state index contributed by atoms with van der Waals surface area (Å²) in [4.78, 5) is 22.8. The molecule has 6 rings (SSSR count). The first-order valence-corrected chi connectivity index (χ1v) is 16.3. The summed E-state index contributed by atoms with van der Waals surface area (Å²) in [5.74, 6) is -0.698. The van der Waals surface area contributed by atoms with Crippen LogP contribution in [0.5, 0.6) is 0 Å². The number of aliphatic hydroxyl groups is 1. The Morgan fingerprint density at radius 2 is 1.75 bits per heavy atom. The van der Waals surface area contributed by atoms with Crippen molar-refractivity contribution in [2.24, 2.45) is 0 Å². The molecule has 2 fully saturated rings. The number of aliphatic hydroxyl groups excluding tert-OH is 1. The molecule has 44 heavy (non-hydrogen) atoms. The highest BCUT2D eigenvalue weighted by Gasteiger charge is 2.37. The summed E-state index contributed by atoms with van der Waals surface area (Å²) in [5.41, 5.74) is 2.49. The highest BCUT2D eigenvalue weighted by Crippen LogP contribution is 2.53. The number of carbonyl (C=O) groups excluding carboxylic acids is 1. The van der Waals surface area contributed by atoms with Crippen molar-refractivity contribution in [2.45, 2.75) is 63.0 Å². The molecule has 0 bridgehead atoms. The maximum Gasteiger partial charge on any atom is 0.421 e. The molecule has 1 saturated carbocycles. The molecule has 10 nitrogen and oxygen atoms in total. The number of fused-ring (bicyclic) bond motifs is 1. The second-order valence-corrected chi connectivity index (χ2v) is 13.5. The second kappa shape index (κ2) is 12.1. The van der Waals surface area contributed by atoms with Crippen molar-refractivity contribution in [1.29, 1.82) is 0 Å². The minimum absolute atomic E-state index is 0.0857. The average molecular weight is 632 g/mol. The van der Waals surface area contributed by atoms with E-state index in [9.17, 15) is 27.6 Å². The predicted octanol–water partition coefficient (Wildman–Crippen LogP) is 6.72. The van der Waals surface area contributed by atoms with Gasteiger partial charge in [0.15, 0.2) is 0 Å². The SMILES string of the molecule is CN1Cc2c(C3CCC(O)CC3)ccc(Nc3nc(Nc4ccc(CP5(=O)OCCCO5)cc4)ncc3C(F)(F)F)c2C1=O. The fourth-order valence-corrected chi connectivity index (χ4v) is 7.69. The molecule has 1 aromatic heterocycles. The average Bonchev–Trinajstić information content (AvgIpc) is 3.28. The topological polar surface area (TPSA) is 126 Å². The molecule has 0 unspecified atom stereocenters. The van der Waals surface area contributed by atoms with Crippen molar-refractivity contribution in [1.82, 2.24) is 14.9 Å². The maximum atomic E-state index is 14.0. The van der Waals surface area contributed by atoms with Crippen LogP contribution < -0.4 is 10.6 Å². The number of aromatic nitrogens is 2. The predicted molar refractivity (Wildman–Crippen MR) is 157 cm³/mol. The van der Waals surface area contributed by atoms with E-state index in [1.807, 2.05) is 6.07 Å². The molecule has 0 atom stereocenters. The van der Waals surface area contributed by atoms with Gasteiger partial charge in [0.05, 0.1) is 36.7 Å². The van der Waals surface area contributed by atoms with Crippen molar-refractivity contribution in [3.05, 3.63) is 70.4 Å². The van der Waals surface area contributed by atoms with Crippen molar-refractivity contribution < 1.29 is 36.7 Å². The molecular weight excluding hydrogens is 598 g/mol. The van der Waals surface area contributed by atoms with Crippen molar-refractivity contribution in [3.8, 4) is 0 Å². The van der Waals surface area contributed by atoms with Gasteiger partial charge in [-0.25, -0.2) is 4.98 Å². The number of amides is 1. The zero-order chi connectivity index (χ0) is 31.1. The third kappa shape index (κ3) is 6.46. The lowest BCUT2D eigenvalue weighted by Gasteiger charge is -2.27. The Morgan fingerprint density at radius 3 is 2.43 bits per heavy atom. The van der Waals surface area contributed by atoms with Gasteiger partial charge in [-0.2, -0.15) is 18.2 Å². The number of anilines is 4. The number of nitrogens with one attached hydrogen (secondary N) is 2. The summed E-state index contributed by atoms with van der Waals surface area (Å²) in [5, 5.41) is 15.7. The van der Waals surface area contributed by atoms with Crippen LogP contribution >= 0.6 is 7.60 Å². The zero-order valence-corrected chi connectivity index (χ0v) is 25.0. The van der Waals surface area contributed by atoms with Crippen molar-refractivity contribution >= 4 is 36.6 Å². The summed E-state index contributed by atoms with van der Waals surface area (Å²) < 4.78 is 65.5. The van der Waals surface area contributed by atoms with Crippen LogP contribution in [0.25, 0.3) is 0 Å². The molecule has 14 heteroatoms. The molecule has 1 saturated heterocycles. The van der Waals surface area contributed by atoms with Crippen LogP contribution in [0.1, 0.15) is 70.6 Å². The number of hydrogen-bond acceptors (Lipinski definition) is 9. The fraction of sp³-hybridized carbons (Fsp3) is 0.433. The first kappa shape index (κ1) is 30.5. The van der Waals surface area contributed by atoms with Gasteiger partial charge in [-0.3, -0.25) is 9.36 Å². The molecule has 234 valence electrons. The second-order valence-electron chi connectivity index (χ2n) is 11.4. The van der Waals surface area contributed by atoms with Crippen LogP contribution in [0.2, 0.25) is 0 Å². The monoisotopic (exact) mass is 631 g/mol. The molecule has 3 N–H and O–H groups in total. The van der Waals surface area contributed by atoms with E-state index in [1.165, 1.54) is 0 Å². The Kier molecular flexibility index (Phi) is 8.40. The van der Waals surface area contributed by atoms with Gasteiger partial charge < -0.3 is 29.7 Å². The van der Waals surface area contributed by atoms with Crippen LogP contribution in [0.4, 0.5) is 36.3 Å². The highest BCUT2D eigenvalue weighted by molar-refractivity contribution is 7.53. The summed E-state index contributed by atoms with van der Waals surface area (Å²) in [6.07, 6.45) is -0.703. The number of benzene rings is 2. The first-order valence-electron chi connectivity index (χ1n) is 14.5. The minimum Gasteiger partial charge on any atom is -0.393 e. The number of carbonyl (C=O) groups is 1. The molecule has 2 aliphatic heterocycles. The highest BCUT2D eigenvalue weighted by atomic mass is 31.2. The summed E-state index contributed by atoms with van der Waals surface area (Å²) in [6.45, 7) is 1.11. The standard InChI is InChI=1S/C30H33F3N5O5P/c1-38-16-23-22(19-5-9-21(39)10-6-19)11-12-25(26(23)28(38)40)36-27-24(30(31,32)33)15-34-29(37-27)35-20-7-3-18(4-8-20)17-44(41)42-13-2-14-43-44/h3-4,7-8,11-12,15,19,21,39H,2,5-6,9-10,13-14,16-17H2,1H3,(H2,34,35,36,37). The third-order valence-corrected chi connectivity index (χ3v) is 10.1. The third-order valence-electron chi connectivity index (χ3n) is 8.24.